The molecule has 138 valence electrons. The molecular formula is C18H26N2O5. The van der Waals surface area contributed by atoms with E-state index < -0.39 is 17.8 Å². The number of aliphatic hydroxyl groups is 1. The number of hydrogen-bond acceptors (Lipinski definition) is 5. The molecule has 0 saturated carbocycles. The van der Waals surface area contributed by atoms with Crippen LogP contribution in [0, 0.1) is 0 Å². The number of alkyl carbamates (subject to hydrolysis) is 2. The number of ether oxygens (including phenoxy) is 2. The van der Waals surface area contributed by atoms with Gasteiger partial charge in [0.2, 0.25) is 0 Å². The highest BCUT2D eigenvalue weighted by Gasteiger charge is 2.16. The van der Waals surface area contributed by atoms with Gasteiger partial charge in [0.05, 0.1) is 12.0 Å². The fraction of sp³-hybridized carbons (Fsp3) is 0.444. The van der Waals surface area contributed by atoms with Crippen LogP contribution in [0.2, 0.25) is 0 Å². The lowest BCUT2D eigenvalue weighted by Gasteiger charge is -2.20. The summed E-state index contributed by atoms with van der Waals surface area (Å²) < 4.78 is 10.2. The van der Waals surface area contributed by atoms with Gasteiger partial charge in [-0.15, -0.1) is 0 Å². The zero-order valence-corrected chi connectivity index (χ0v) is 14.9. The third-order valence-electron chi connectivity index (χ3n) is 2.92. The van der Waals surface area contributed by atoms with Crippen molar-refractivity contribution in [1.29, 1.82) is 0 Å². The first-order valence-corrected chi connectivity index (χ1v) is 8.08. The number of allylic oxidation sites excluding steroid dienone is 1. The average Bonchev–Trinajstić information content (AvgIpc) is 2.55. The van der Waals surface area contributed by atoms with Crippen LogP contribution in [0.5, 0.6) is 0 Å². The van der Waals surface area contributed by atoms with Crippen molar-refractivity contribution in [3.05, 3.63) is 47.9 Å². The highest BCUT2D eigenvalue weighted by molar-refractivity contribution is 5.70. The lowest BCUT2D eigenvalue weighted by atomic mass is 10.2. The van der Waals surface area contributed by atoms with Gasteiger partial charge in [-0.1, -0.05) is 30.3 Å². The Morgan fingerprint density at radius 3 is 2.44 bits per heavy atom. The van der Waals surface area contributed by atoms with Crippen molar-refractivity contribution in [1.82, 2.24) is 10.6 Å². The Kier molecular flexibility index (Phi) is 8.32. The molecule has 0 aromatic heterocycles. The van der Waals surface area contributed by atoms with Crippen LogP contribution in [0.25, 0.3) is 0 Å². The molecule has 0 radical (unpaired) electrons. The maximum absolute atomic E-state index is 11.6. The van der Waals surface area contributed by atoms with Crippen LogP contribution in [0.15, 0.2) is 42.3 Å². The Balaban J connectivity index is 2.20. The minimum absolute atomic E-state index is 0.203. The van der Waals surface area contributed by atoms with Gasteiger partial charge in [0.15, 0.2) is 0 Å². The minimum Gasteiger partial charge on any atom is -0.514 e. The first-order valence-electron chi connectivity index (χ1n) is 8.08. The van der Waals surface area contributed by atoms with E-state index in [0.717, 1.165) is 11.8 Å². The van der Waals surface area contributed by atoms with Crippen LogP contribution in [-0.4, -0.2) is 29.4 Å². The normalized spacial score (nSPS) is 11.6. The van der Waals surface area contributed by atoms with E-state index in [1.165, 1.54) is 0 Å². The van der Waals surface area contributed by atoms with Crippen LogP contribution >= 0.6 is 0 Å². The van der Waals surface area contributed by atoms with Gasteiger partial charge in [-0.05, 0) is 39.2 Å². The summed E-state index contributed by atoms with van der Waals surface area (Å²) in [5, 5.41) is 14.2. The highest BCUT2D eigenvalue weighted by atomic mass is 16.6. The van der Waals surface area contributed by atoms with E-state index in [2.05, 4.69) is 10.6 Å². The fourth-order valence-corrected chi connectivity index (χ4v) is 1.84. The van der Waals surface area contributed by atoms with Crippen molar-refractivity contribution in [2.45, 2.75) is 45.8 Å². The Morgan fingerprint density at radius 1 is 1.16 bits per heavy atom. The van der Waals surface area contributed by atoms with Gasteiger partial charge >= 0.3 is 12.2 Å². The topological polar surface area (TPSA) is 96.9 Å². The van der Waals surface area contributed by atoms with Crippen molar-refractivity contribution >= 4 is 12.2 Å². The molecule has 0 unspecified atom stereocenters. The second-order valence-electron chi connectivity index (χ2n) is 6.37. The maximum Gasteiger partial charge on any atom is 0.411 e. The van der Waals surface area contributed by atoms with Crippen LogP contribution in [0.3, 0.4) is 0 Å². The highest BCUT2D eigenvalue weighted by Crippen LogP contribution is 2.08. The number of carbonyl (C=O) groups is 2. The summed E-state index contributed by atoms with van der Waals surface area (Å²) in [6, 6.07) is 9.37. The van der Waals surface area contributed by atoms with Gasteiger partial charge in [0.25, 0.3) is 0 Å². The third-order valence-corrected chi connectivity index (χ3v) is 2.92. The minimum atomic E-state index is -0.636. The number of benzene rings is 1. The molecule has 0 aliphatic heterocycles. The summed E-state index contributed by atoms with van der Waals surface area (Å²) in [4.78, 5) is 23.2. The lowest BCUT2D eigenvalue weighted by molar-refractivity contribution is 0.0542. The molecule has 0 aliphatic rings. The lowest BCUT2D eigenvalue weighted by Crippen LogP contribution is -2.32. The molecule has 0 spiro atoms. The van der Waals surface area contributed by atoms with E-state index in [1.807, 2.05) is 30.3 Å². The van der Waals surface area contributed by atoms with Crippen molar-refractivity contribution in [3.63, 3.8) is 0 Å². The molecule has 7 nitrogen and oxygen atoms in total. The zero-order valence-electron chi connectivity index (χ0n) is 14.9. The smallest absolute Gasteiger partial charge is 0.411 e. The summed E-state index contributed by atoms with van der Waals surface area (Å²) in [5.74, 6) is 0. The standard InChI is InChI=1S/C18H26N2O5/c1-18(2,3)25-17(23)20-15(12-21)10-7-11-19-16(22)24-13-14-8-5-4-6-9-14/h4-6,8-9,12,21H,7,10-11,13H2,1-3H3,(H,19,22)(H,20,23)/b15-12-. The molecule has 0 heterocycles. The van der Waals surface area contributed by atoms with Crippen molar-refractivity contribution in [3.8, 4) is 0 Å². The molecule has 0 atom stereocenters. The predicted octanol–water partition coefficient (Wildman–Crippen LogP) is 3.62. The van der Waals surface area contributed by atoms with E-state index in [1.54, 1.807) is 20.8 Å². The summed E-state index contributed by atoms with van der Waals surface area (Å²) in [5.41, 5.74) is 0.604. The SMILES string of the molecule is CC(C)(C)OC(=O)N/C(=C\O)CCCNC(=O)OCc1ccccc1. The van der Waals surface area contributed by atoms with E-state index in [4.69, 9.17) is 14.6 Å². The van der Waals surface area contributed by atoms with E-state index in [0.29, 0.717) is 25.1 Å². The number of rotatable bonds is 7. The fourth-order valence-electron chi connectivity index (χ4n) is 1.84. The molecule has 3 N–H and O–H groups in total. The van der Waals surface area contributed by atoms with Crippen LogP contribution in [-0.2, 0) is 16.1 Å². The number of carbonyl (C=O) groups excluding carboxylic acids is 2. The van der Waals surface area contributed by atoms with Crippen LogP contribution < -0.4 is 10.6 Å². The summed E-state index contributed by atoms with van der Waals surface area (Å²) in [6.45, 7) is 5.80. The molecule has 7 heteroatoms. The van der Waals surface area contributed by atoms with Crippen molar-refractivity contribution < 1.29 is 24.2 Å². The van der Waals surface area contributed by atoms with Crippen LogP contribution in [0.4, 0.5) is 9.59 Å². The van der Waals surface area contributed by atoms with E-state index >= 15 is 0 Å². The first-order chi connectivity index (χ1) is 11.8. The quantitative estimate of drug-likeness (QED) is 0.515. The molecule has 0 bridgehead atoms. The van der Waals surface area contributed by atoms with Gasteiger partial charge in [-0.25, -0.2) is 9.59 Å². The summed E-state index contributed by atoms with van der Waals surface area (Å²) in [6.07, 6.45) is 0.552. The molecule has 0 fully saturated rings. The molecule has 1 aromatic carbocycles. The van der Waals surface area contributed by atoms with Gasteiger partial charge in [-0.2, -0.15) is 0 Å². The Morgan fingerprint density at radius 2 is 1.84 bits per heavy atom. The summed E-state index contributed by atoms with van der Waals surface area (Å²) in [7, 11) is 0. The van der Waals surface area contributed by atoms with Gasteiger partial charge in [0, 0.05) is 6.54 Å². The molecule has 2 amide bonds. The maximum atomic E-state index is 11.6. The van der Waals surface area contributed by atoms with Crippen LogP contribution in [0.1, 0.15) is 39.2 Å². The monoisotopic (exact) mass is 350 g/mol. The van der Waals surface area contributed by atoms with Gasteiger partial charge < -0.3 is 19.9 Å². The molecule has 1 aromatic rings. The number of hydrogen-bond donors (Lipinski definition) is 3. The molecule has 0 saturated heterocycles. The Bertz CT molecular complexity index is 579. The average molecular weight is 350 g/mol. The zero-order chi connectivity index (χ0) is 18.7. The number of nitrogens with one attached hydrogen (secondary N) is 2. The van der Waals surface area contributed by atoms with Crippen molar-refractivity contribution in [2.75, 3.05) is 6.54 Å². The molecule has 0 aliphatic carbocycles. The second-order valence-corrected chi connectivity index (χ2v) is 6.37. The largest absolute Gasteiger partial charge is 0.514 e. The number of amides is 2. The van der Waals surface area contributed by atoms with Gasteiger partial charge in [0.1, 0.15) is 12.2 Å². The van der Waals surface area contributed by atoms with E-state index in [-0.39, 0.29) is 6.61 Å². The van der Waals surface area contributed by atoms with Gasteiger partial charge in [-0.3, -0.25) is 5.32 Å². The molecule has 1 rings (SSSR count). The Hall–Kier alpha value is -2.70. The third kappa shape index (κ3) is 9.91. The first kappa shape index (κ1) is 20.3. The molecule has 25 heavy (non-hydrogen) atoms. The van der Waals surface area contributed by atoms with Crippen molar-refractivity contribution in [2.24, 2.45) is 0 Å². The predicted molar refractivity (Wildman–Crippen MR) is 93.9 cm³/mol. The van der Waals surface area contributed by atoms with E-state index in [9.17, 15) is 9.59 Å². The Labute approximate surface area is 148 Å². The second kappa shape index (κ2) is 10.2. The number of aliphatic hydroxyl groups excluding tert-OH is 1. The summed E-state index contributed by atoms with van der Waals surface area (Å²) >= 11 is 0. The molecular weight excluding hydrogens is 324 g/mol.